The van der Waals surface area contributed by atoms with Gasteiger partial charge >= 0.3 is 10.1 Å². The van der Waals surface area contributed by atoms with Crippen LogP contribution in [0.4, 0.5) is 4.39 Å². The van der Waals surface area contributed by atoms with Crippen LogP contribution in [0.2, 0.25) is 0 Å². The predicted octanol–water partition coefficient (Wildman–Crippen LogP) is 3.81. The normalized spacial score (nSPS) is 11.3. The highest BCUT2D eigenvalue weighted by Gasteiger charge is 2.19. The highest BCUT2D eigenvalue weighted by Crippen LogP contribution is 2.22. The van der Waals surface area contributed by atoms with E-state index in [-0.39, 0.29) is 28.7 Å². The summed E-state index contributed by atoms with van der Waals surface area (Å²) in [6, 6.07) is 17.9. The van der Waals surface area contributed by atoms with E-state index in [0.29, 0.717) is 18.8 Å². The number of likely N-dealkylation sites (N-methyl/N-ethyl adjacent to an activating group) is 1. The first-order chi connectivity index (χ1) is 16.2. The van der Waals surface area contributed by atoms with Crippen LogP contribution in [0.5, 0.6) is 11.5 Å². The first kappa shape index (κ1) is 25.2. The van der Waals surface area contributed by atoms with Gasteiger partial charge in [-0.25, -0.2) is 4.39 Å². The molecule has 0 saturated carbocycles. The van der Waals surface area contributed by atoms with Gasteiger partial charge in [-0.15, -0.1) is 0 Å². The van der Waals surface area contributed by atoms with E-state index in [4.69, 9.17) is 8.92 Å². The molecule has 0 saturated heterocycles. The monoisotopic (exact) mass is 486 g/mol. The number of amides is 1. The van der Waals surface area contributed by atoms with E-state index in [2.05, 4.69) is 0 Å². The van der Waals surface area contributed by atoms with Gasteiger partial charge in [-0.3, -0.25) is 4.79 Å². The quantitative estimate of drug-likeness (QED) is 0.406. The Balaban J connectivity index is 1.73. The van der Waals surface area contributed by atoms with Crippen LogP contribution < -0.4 is 8.92 Å². The molecule has 0 heterocycles. The van der Waals surface area contributed by atoms with Crippen molar-refractivity contribution in [2.45, 2.75) is 11.4 Å². The summed E-state index contributed by atoms with van der Waals surface area (Å²) in [7, 11) is 1.29. The Kier molecular flexibility index (Phi) is 8.25. The molecule has 3 aromatic rings. The van der Waals surface area contributed by atoms with E-state index in [1.165, 1.54) is 61.7 Å². The van der Waals surface area contributed by atoms with Crippen molar-refractivity contribution in [1.82, 2.24) is 9.80 Å². The number of halogens is 1. The standard InChI is InChI=1S/C25H27FN2O5S/c1-27(2)15-16-28(25(29)20-5-4-6-21(26)17-20)18-19-7-9-23(10-8-19)33-34(30,31)24-13-11-22(32-3)12-14-24/h4-14,17H,15-16,18H2,1-3H3. The second-order valence-electron chi connectivity index (χ2n) is 7.90. The minimum absolute atomic E-state index is 0.00734. The third-order valence-electron chi connectivity index (χ3n) is 5.03. The SMILES string of the molecule is COc1ccc(S(=O)(=O)Oc2ccc(CN(CCN(C)C)C(=O)c3cccc(F)c3)cc2)cc1. The van der Waals surface area contributed by atoms with Gasteiger partial charge in [0.1, 0.15) is 22.2 Å². The van der Waals surface area contributed by atoms with Gasteiger partial charge in [-0.1, -0.05) is 18.2 Å². The summed E-state index contributed by atoms with van der Waals surface area (Å²) < 4.78 is 49.0. The molecular formula is C25H27FN2O5S. The highest BCUT2D eigenvalue weighted by molar-refractivity contribution is 7.87. The number of carbonyl (C=O) groups is 1. The molecular weight excluding hydrogens is 459 g/mol. The third kappa shape index (κ3) is 6.79. The molecule has 0 aliphatic heterocycles. The van der Waals surface area contributed by atoms with E-state index in [1.807, 2.05) is 19.0 Å². The fourth-order valence-electron chi connectivity index (χ4n) is 3.17. The Morgan fingerprint density at radius 1 is 0.912 bits per heavy atom. The summed E-state index contributed by atoms with van der Waals surface area (Å²) in [5, 5.41) is 0. The van der Waals surface area contributed by atoms with Crippen molar-refractivity contribution >= 4 is 16.0 Å². The van der Waals surface area contributed by atoms with E-state index < -0.39 is 15.9 Å². The number of ether oxygens (including phenoxy) is 1. The lowest BCUT2D eigenvalue weighted by molar-refractivity contribution is 0.0731. The van der Waals surface area contributed by atoms with Crippen LogP contribution in [0.1, 0.15) is 15.9 Å². The van der Waals surface area contributed by atoms with Crippen LogP contribution in [-0.4, -0.2) is 58.4 Å². The van der Waals surface area contributed by atoms with Crippen molar-refractivity contribution < 1.29 is 26.5 Å². The molecule has 0 unspecified atom stereocenters. The van der Waals surface area contributed by atoms with Gasteiger partial charge in [-0.05, 0) is 74.3 Å². The molecule has 1 amide bonds. The molecule has 3 aromatic carbocycles. The average molecular weight is 487 g/mol. The fraction of sp³-hybridized carbons (Fsp3) is 0.240. The molecule has 3 rings (SSSR count). The molecule has 180 valence electrons. The van der Waals surface area contributed by atoms with Crippen molar-refractivity contribution in [2.75, 3.05) is 34.3 Å². The molecule has 0 atom stereocenters. The molecule has 34 heavy (non-hydrogen) atoms. The Labute approximate surface area is 199 Å². The molecule has 0 aromatic heterocycles. The maximum absolute atomic E-state index is 13.6. The number of carbonyl (C=O) groups excluding carboxylic acids is 1. The lowest BCUT2D eigenvalue weighted by atomic mass is 10.1. The molecule has 0 fully saturated rings. The van der Waals surface area contributed by atoms with Gasteiger partial charge in [-0.2, -0.15) is 8.42 Å². The van der Waals surface area contributed by atoms with E-state index in [9.17, 15) is 17.6 Å². The zero-order valence-corrected chi connectivity index (χ0v) is 20.1. The van der Waals surface area contributed by atoms with E-state index in [1.54, 1.807) is 23.1 Å². The Morgan fingerprint density at radius 2 is 1.56 bits per heavy atom. The summed E-state index contributed by atoms with van der Waals surface area (Å²) in [6.45, 7) is 1.34. The van der Waals surface area contributed by atoms with Crippen molar-refractivity contribution in [3.8, 4) is 11.5 Å². The smallest absolute Gasteiger partial charge is 0.339 e. The van der Waals surface area contributed by atoms with Crippen LogP contribution in [0, 0.1) is 5.82 Å². The Hall–Kier alpha value is -3.43. The maximum Gasteiger partial charge on any atom is 0.339 e. The molecule has 0 bridgehead atoms. The van der Waals surface area contributed by atoms with Gasteiger partial charge in [0.2, 0.25) is 0 Å². The minimum Gasteiger partial charge on any atom is -0.497 e. The average Bonchev–Trinajstić information content (AvgIpc) is 2.82. The lowest BCUT2D eigenvalue weighted by Crippen LogP contribution is -2.36. The summed E-state index contributed by atoms with van der Waals surface area (Å²) in [4.78, 5) is 16.6. The number of hydrogen-bond donors (Lipinski definition) is 0. The largest absolute Gasteiger partial charge is 0.497 e. The highest BCUT2D eigenvalue weighted by atomic mass is 32.2. The zero-order valence-electron chi connectivity index (χ0n) is 19.3. The Bertz CT molecular complexity index is 1210. The third-order valence-corrected chi connectivity index (χ3v) is 6.29. The molecule has 0 aliphatic rings. The number of nitrogens with zero attached hydrogens (tertiary/aromatic N) is 2. The van der Waals surface area contributed by atoms with Crippen molar-refractivity contribution in [3.05, 3.63) is 89.7 Å². The number of rotatable bonds is 10. The second-order valence-corrected chi connectivity index (χ2v) is 9.44. The second kappa shape index (κ2) is 11.1. The summed E-state index contributed by atoms with van der Waals surface area (Å²) in [5.74, 6) is -0.0764. The summed E-state index contributed by atoms with van der Waals surface area (Å²) >= 11 is 0. The van der Waals surface area contributed by atoms with Crippen LogP contribution in [0.15, 0.2) is 77.7 Å². The predicted molar refractivity (Wildman–Crippen MR) is 127 cm³/mol. The van der Waals surface area contributed by atoms with Gasteiger partial charge in [0, 0.05) is 25.2 Å². The Morgan fingerprint density at radius 3 is 2.15 bits per heavy atom. The molecule has 0 N–H and O–H groups in total. The molecule has 0 spiro atoms. The van der Waals surface area contributed by atoms with E-state index >= 15 is 0 Å². The van der Waals surface area contributed by atoms with Crippen LogP contribution in [-0.2, 0) is 16.7 Å². The summed E-state index contributed by atoms with van der Waals surface area (Å²) in [5.41, 5.74) is 1.04. The van der Waals surface area contributed by atoms with Gasteiger partial charge in [0.05, 0.1) is 7.11 Å². The number of benzene rings is 3. The summed E-state index contributed by atoms with van der Waals surface area (Å²) in [6.07, 6.45) is 0. The van der Waals surface area contributed by atoms with Crippen LogP contribution in [0.3, 0.4) is 0 Å². The fourth-order valence-corrected chi connectivity index (χ4v) is 4.10. The van der Waals surface area contributed by atoms with Gasteiger partial charge in [0.25, 0.3) is 5.91 Å². The number of hydrogen-bond acceptors (Lipinski definition) is 6. The van der Waals surface area contributed by atoms with Crippen molar-refractivity contribution in [3.63, 3.8) is 0 Å². The molecule has 0 aliphatic carbocycles. The van der Waals surface area contributed by atoms with Crippen molar-refractivity contribution in [2.24, 2.45) is 0 Å². The van der Waals surface area contributed by atoms with Gasteiger partial charge in [0.15, 0.2) is 0 Å². The zero-order chi connectivity index (χ0) is 24.7. The van der Waals surface area contributed by atoms with Crippen molar-refractivity contribution in [1.29, 1.82) is 0 Å². The maximum atomic E-state index is 13.6. The number of methoxy groups -OCH3 is 1. The van der Waals surface area contributed by atoms with Crippen LogP contribution in [0.25, 0.3) is 0 Å². The topological polar surface area (TPSA) is 76.2 Å². The van der Waals surface area contributed by atoms with Gasteiger partial charge < -0.3 is 18.7 Å². The first-order valence-corrected chi connectivity index (χ1v) is 12.0. The van der Waals surface area contributed by atoms with Crippen LogP contribution >= 0.6 is 0 Å². The molecule has 0 radical (unpaired) electrons. The molecule has 7 nitrogen and oxygen atoms in total. The lowest BCUT2D eigenvalue weighted by Gasteiger charge is -2.25. The molecule has 9 heteroatoms. The minimum atomic E-state index is -4.01. The van der Waals surface area contributed by atoms with E-state index in [0.717, 1.165) is 5.56 Å². The first-order valence-electron chi connectivity index (χ1n) is 10.5.